The third kappa shape index (κ3) is 4.06. The molecule has 0 bridgehead atoms. The minimum Gasteiger partial charge on any atom is -0.341 e. The van der Waals surface area contributed by atoms with Crippen LogP contribution in [0.2, 0.25) is 0 Å². The van der Waals surface area contributed by atoms with Crippen molar-refractivity contribution >= 4 is 17.7 Å². The van der Waals surface area contributed by atoms with E-state index in [0.717, 1.165) is 25.7 Å². The molecule has 3 amide bonds. The van der Waals surface area contributed by atoms with Crippen LogP contribution in [-0.2, 0) is 14.4 Å². The Balaban J connectivity index is 2.10. The summed E-state index contributed by atoms with van der Waals surface area (Å²) in [4.78, 5) is 42.7. The first-order chi connectivity index (χ1) is 11.5. The normalized spacial score (nSPS) is 24.6. The minimum absolute atomic E-state index is 0.107. The van der Waals surface area contributed by atoms with Gasteiger partial charge in [0.1, 0.15) is 6.04 Å². The van der Waals surface area contributed by atoms with Gasteiger partial charge in [-0.3, -0.25) is 14.4 Å². The minimum atomic E-state index is -0.608. The Bertz CT molecular complexity index is 470. The van der Waals surface area contributed by atoms with Crippen molar-refractivity contribution in [1.82, 2.24) is 14.7 Å². The molecule has 0 aliphatic carbocycles. The summed E-state index contributed by atoms with van der Waals surface area (Å²) >= 11 is 0. The summed E-state index contributed by atoms with van der Waals surface area (Å²) in [6, 6.07) is -0.862. The molecular formula is C17H30N4O3. The van der Waals surface area contributed by atoms with Crippen molar-refractivity contribution < 1.29 is 14.4 Å². The van der Waals surface area contributed by atoms with Gasteiger partial charge in [0.15, 0.2) is 0 Å². The molecule has 0 aromatic carbocycles. The highest BCUT2D eigenvalue weighted by Gasteiger charge is 2.42. The van der Waals surface area contributed by atoms with E-state index >= 15 is 0 Å². The van der Waals surface area contributed by atoms with Crippen molar-refractivity contribution in [1.29, 1.82) is 0 Å². The lowest BCUT2D eigenvalue weighted by molar-refractivity contribution is -0.154. The molecule has 0 aromatic heterocycles. The predicted octanol–water partition coefficient (Wildman–Crippen LogP) is 0.186. The number of carbonyl (C=O) groups excluding carboxylic acids is 3. The molecular weight excluding hydrogens is 308 g/mol. The van der Waals surface area contributed by atoms with Crippen LogP contribution in [0.15, 0.2) is 0 Å². The Kier molecular flexibility index (Phi) is 6.60. The second kappa shape index (κ2) is 8.46. The van der Waals surface area contributed by atoms with Gasteiger partial charge in [0, 0.05) is 38.8 Å². The smallest absolute Gasteiger partial charge is 0.312 e. The van der Waals surface area contributed by atoms with E-state index in [4.69, 9.17) is 5.73 Å². The van der Waals surface area contributed by atoms with Crippen LogP contribution in [0.5, 0.6) is 0 Å². The molecule has 0 unspecified atom stereocenters. The van der Waals surface area contributed by atoms with Crippen LogP contribution in [-0.4, -0.2) is 77.2 Å². The molecule has 0 aromatic rings. The van der Waals surface area contributed by atoms with Crippen LogP contribution >= 0.6 is 0 Å². The molecule has 7 nitrogen and oxygen atoms in total. The van der Waals surface area contributed by atoms with Gasteiger partial charge < -0.3 is 20.4 Å². The van der Waals surface area contributed by atoms with Crippen LogP contribution in [0.3, 0.4) is 0 Å². The molecule has 2 N–H and O–H groups in total. The molecule has 0 radical (unpaired) electrons. The second-order valence-corrected chi connectivity index (χ2v) is 6.69. The number of nitrogens with two attached hydrogens (primary N) is 1. The second-order valence-electron chi connectivity index (χ2n) is 6.69. The zero-order chi connectivity index (χ0) is 17.7. The fourth-order valence-electron chi connectivity index (χ4n) is 3.60. The van der Waals surface area contributed by atoms with E-state index in [2.05, 4.69) is 0 Å². The monoisotopic (exact) mass is 338 g/mol. The van der Waals surface area contributed by atoms with E-state index in [9.17, 15) is 14.4 Å². The summed E-state index contributed by atoms with van der Waals surface area (Å²) in [7, 11) is 0. The van der Waals surface area contributed by atoms with E-state index in [1.54, 1.807) is 9.80 Å². The molecule has 2 rings (SSSR count). The molecule has 136 valence electrons. The molecule has 2 fully saturated rings. The lowest BCUT2D eigenvalue weighted by atomic mass is 10.1. The van der Waals surface area contributed by atoms with Crippen LogP contribution in [0.4, 0.5) is 0 Å². The number of nitrogens with zero attached hydrogens (tertiary/aromatic N) is 3. The fourth-order valence-corrected chi connectivity index (χ4v) is 3.60. The number of likely N-dealkylation sites (tertiary alicyclic amines) is 2. The molecule has 0 saturated carbocycles. The molecule has 2 atom stereocenters. The van der Waals surface area contributed by atoms with Gasteiger partial charge in [-0.2, -0.15) is 0 Å². The van der Waals surface area contributed by atoms with E-state index in [-0.39, 0.29) is 18.5 Å². The van der Waals surface area contributed by atoms with Gasteiger partial charge in [0.25, 0.3) is 0 Å². The largest absolute Gasteiger partial charge is 0.341 e. The van der Waals surface area contributed by atoms with Crippen LogP contribution in [0.1, 0.15) is 46.0 Å². The van der Waals surface area contributed by atoms with E-state index in [1.165, 1.54) is 4.90 Å². The first-order valence-electron chi connectivity index (χ1n) is 9.13. The predicted molar refractivity (Wildman–Crippen MR) is 91.1 cm³/mol. The van der Waals surface area contributed by atoms with Gasteiger partial charge in [0.05, 0.1) is 0 Å². The van der Waals surface area contributed by atoms with Crippen LogP contribution in [0, 0.1) is 0 Å². The molecule has 2 heterocycles. The molecule has 7 heteroatoms. The van der Waals surface area contributed by atoms with Gasteiger partial charge in [-0.1, -0.05) is 12.8 Å². The summed E-state index contributed by atoms with van der Waals surface area (Å²) in [6.45, 7) is 6.51. The third-order valence-corrected chi connectivity index (χ3v) is 5.03. The van der Waals surface area contributed by atoms with Crippen molar-refractivity contribution in [2.45, 2.75) is 58.0 Å². The zero-order valence-corrected chi connectivity index (χ0v) is 14.9. The van der Waals surface area contributed by atoms with Crippen molar-refractivity contribution in [3.63, 3.8) is 0 Å². The summed E-state index contributed by atoms with van der Waals surface area (Å²) in [6.07, 6.45) is 4.47. The summed E-state index contributed by atoms with van der Waals surface area (Å²) < 4.78 is 0. The number of rotatable bonds is 3. The number of likely N-dealkylation sites (N-methyl/N-ethyl adjacent to an activating group) is 1. The highest BCUT2D eigenvalue weighted by atomic mass is 16.2. The number of hydrogen-bond acceptors (Lipinski definition) is 4. The van der Waals surface area contributed by atoms with Gasteiger partial charge >= 0.3 is 11.8 Å². The maximum Gasteiger partial charge on any atom is 0.312 e. The standard InChI is InChI=1S/C17H30N4O3/c1-3-19(4-2)15(22)14-11-13(18)12-21(14)17(24)16(23)20-9-7-5-6-8-10-20/h13-14H,3-12,18H2,1-2H3/t13-,14-/m0/s1. The molecule has 24 heavy (non-hydrogen) atoms. The van der Waals surface area contributed by atoms with E-state index in [0.29, 0.717) is 32.6 Å². The Morgan fingerprint density at radius 2 is 1.58 bits per heavy atom. The maximum atomic E-state index is 12.7. The van der Waals surface area contributed by atoms with Crippen molar-refractivity contribution in [3.05, 3.63) is 0 Å². The number of hydrogen-bond donors (Lipinski definition) is 1. The highest BCUT2D eigenvalue weighted by molar-refractivity contribution is 6.35. The third-order valence-electron chi connectivity index (χ3n) is 5.03. The van der Waals surface area contributed by atoms with Gasteiger partial charge in [-0.15, -0.1) is 0 Å². The fraction of sp³-hybridized carbons (Fsp3) is 0.824. The topological polar surface area (TPSA) is 87.0 Å². The number of carbonyl (C=O) groups is 3. The zero-order valence-electron chi connectivity index (χ0n) is 14.9. The highest BCUT2D eigenvalue weighted by Crippen LogP contribution is 2.20. The molecule has 2 aliphatic heterocycles. The van der Waals surface area contributed by atoms with E-state index in [1.807, 2.05) is 13.8 Å². The summed E-state index contributed by atoms with van der Waals surface area (Å²) in [5.41, 5.74) is 5.99. The summed E-state index contributed by atoms with van der Waals surface area (Å²) in [5.74, 6) is -1.16. The Morgan fingerprint density at radius 1 is 1.00 bits per heavy atom. The van der Waals surface area contributed by atoms with Gasteiger partial charge in [-0.25, -0.2) is 0 Å². The maximum absolute atomic E-state index is 12.7. The van der Waals surface area contributed by atoms with Crippen molar-refractivity contribution in [2.24, 2.45) is 5.73 Å². The Morgan fingerprint density at radius 3 is 2.12 bits per heavy atom. The Labute approximate surface area is 144 Å². The molecule has 2 aliphatic rings. The van der Waals surface area contributed by atoms with E-state index < -0.39 is 17.9 Å². The first kappa shape index (κ1) is 18.7. The van der Waals surface area contributed by atoms with Crippen molar-refractivity contribution in [2.75, 3.05) is 32.7 Å². The first-order valence-corrected chi connectivity index (χ1v) is 9.13. The van der Waals surface area contributed by atoms with Crippen LogP contribution in [0.25, 0.3) is 0 Å². The lowest BCUT2D eigenvalue weighted by Gasteiger charge is -2.30. The lowest BCUT2D eigenvalue weighted by Crippen LogP contribution is -2.52. The number of amides is 3. The van der Waals surface area contributed by atoms with Gasteiger partial charge in [-0.05, 0) is 33.1 Å². The molecule has 0 spiro atoms. The quantitative estimate of drug-likeness (QED) is 0.744. The molecule has 2 saturated heterocycles. The SMILES string of the molecule is CCN(CC)C(=O)[C@@H]1C[C@H](N)CN1C(=O)C(=O)N1CCCCCC1. The average Bonchev–Trinajstić information content (AvgIpc) is 2.79. The van der Waals surface area contributed by atoms with Crippen LogP contribution < -0.4 is 5.73 Å². The van der Waals surface area contributed by atoms with Gasteiger partial charge in [0.2, 0.25) is 5.91 Å². The Hall–Kier alpha value is -1.63. The summed E-state index contributed by atoms with van der Waals surface area (Å²) in [5, 5.41) is 0. The van der Waals surface area contributed by atoms with Crippen molar-refractivity contribution in [3.8, 4) is 0 Å². The average molecular weight is 338 g/mol.